The standard InChI is InChI=1S/C18H22ClN5O/c1-23-10-12-24(13-11-23)18(25)16-6-7-17(22-21-16)20-9-8-14-2-4-15(19)5-3-14/h2-7H,8-13H2,1H3,(H,20,22). The van der Waals surface area contributed by atoms with Crippen molar-refractivity contribution in [1.29, 1.82) is 0 Å². The van der Waals surface area contributed by atoms with Crippen LogP contribution >= 0.6 is 11.6 Å². The van der Waals surface area contributed by atoms with E-state index in [1.54, 1.807) is 12.1 Å². The van der Waals surface area contributed by atoms with Gasteiger partial charge in [0.05, 0.1) is 0 Å². The molecule has 3 rings (SSSR count). The summed E-state index contributed by atoms with van der Waals surface area (Å²) in [5.74, 6) is 0.622. The van der Waals surface area contributed by atoms with Crippen LogP contribution in [0, 0.1) is 0 Å². The van der Waals surface area contributed by atoms with Crippen LogP contribution in [0.5, 0.6) is 0 Å². The average Bonchev–Trinajstić information content (AvgIpc) is 2.64. The van der Waals surface area contributed by atoms with Gasteiger partial charge in [-0.2, -0.15) is 0 Å². The van der Waals surface area contributed by atoms with Crippen LogP contribution in [-0.4, -0.2) is 65.7 Å². The molecule has 0 bridgehead atoms. The molecular formula is C18H22ClN5O. The van der Waals surface area contributed by atoms with Crippen molar-refractivity contribution in [2.24, 2.45) is 0 Å². The maximum absolute atomic E-state index is 12.4. The van der Waals surface area contributed by atoms with Crippen LogP contribution in [0.25, 0.3) is 0 Å². The lowest BCUT2D eigenvalue weighted by molar-refractivity contribution is 0.0657. The van der Waals surface area contributed by atoms with Crippen molar-refractivity contribution in [1.82, 2.24) is 20.0 Å². The van der Waals surface area contributed by atoms with Gasteiger partial charge in [-0.15, -0.1) is 10.2 Å². The number of aromatic nitrogens is 2. The molecule has 1 aliphatic rings. The van der Waals surface area contributed by atoms with Gasteiger partial charge in [-0.25, -0.2) is 0 Å². The van der Waals surface area contributed by atoms with Gasteiger partial charge in [0.15, 0.2) is 5.69 Å². The Morgan fingerprint density at radius 1 is 1.08 bits per heavy atom. The quantitative estimate of drug-likeness (QED) is 0.886. The summed E-state index contributed by atoms with van der Waals surface area (Å²) in [6.07, 6.45) is 0.862. The lowest BCUT2D eigenvalue weighted by Crippen LogP contribution is -2.47. The van der Waals surface area contributed by atoms with Crippen LogP contribution in [0.3, 0.4) is 0 Å². The van der Waals surface area contributed by atoms with Gasteiger partial charge >= 0.3 is 0 Å². The van der Waals surface area contributed by atoms with Gasteiger partial charge < -0.3 is 15.1 Å². The van der Waals surface area contributed by atoms with Crippen molar-refractivity contribution < 1.29 is 4.79 Å². The molecule has 0 saturated carbocycles. The van der Waals surface area contributed by atoms with Gasteiger partial charge in [-0.1, -0.05) is 23.7 Å². The maximum Gasteiger partial charge on any atom is 0.274 e. The molecule has 1 aliphatic heterocycles. The van der Waals surface area contributed by atoms with Crippen LogP contribution in [0.1, 0.15) is 16.1 Å². The molecule has 0 unspecified atom stereocenters. The predicted molar refractivity (Wildman–Crippen MR) is 99.1 cm³/mol. The van der Waals surface area contributed by atoms with E-state index in [9.17, 15) is 4.79 Å². The molecule has 1 amide bonds. The third-order valence-corrected chi connectivity index (χ3v) is 4.56. The highest BCUT2D eigenvalue weighted by atomic mass is 35.5. The molecule has 1 aromatic carbocycles. The van der Waals surface area contributed by atoms with E-state index in [-0.39, 0.29) is 5.91 Å². The van der Waals surface area contributed by atoms with E-state index in [0.717, 1.165) is 44.2 Å². The molecule has 25 heavy (non-hydrogen) atoms. The normalized spacial score (nSPS) is 15.2. The highest BCUT2D eigenvalue weighted by molar-refractivity contribution is 6.30. The van der Waals surface area contributed by atoms with Gasteiger partial charge in [0.2, 0.25) is 0 Å². The number of halogens is 1. The summed E-state index contributed by atoms with van der Waals surface area (Å²) in [5, 5.41) is 12.2. The first-order chi connectivity index (χ1) is 12.1. The van der Waals surface area contributed by atoms with Crippen LogP contribution < -0.4 is 5.32 Å². The van der Waals surface area contributed by atoms with Crippen LogP contribution in [-0.2, 0) is 6.42 Å². The lowest BCUT2D eigenvalue weighted by Gasteiger charge is -2.32. The summed E-state index contributed by atoms with van der Waals surface area (Å²) in [7, 11) is 2.06. The Bertz CT molecular complexity index is 696. The number of rotatable bonds is 5. The maximum atomic E-state index is 12.4. The van der Waals surface area contributed by atoms with Crippen molar-refractivity contribution in [3.8, 4) is 0 Å². The second-order valence-electron chi connectivity index (χ2n) is 6.20. The molecule has 6 nitrogen and oxygen atoms in total. The molecular weight excluding hydrogens is 338 g/mol. The Balaban J connectivity index is 1.50. The fraction of sp³-hybridized carbons (Fsp3) is 0.389. The number of anilines is 1. The third-order valence-electron chi connectivity index (χ3n) is 4.31. The van der Waals surface area contributed by atoms with Crippen molar-refractivity contribution in [3.05, 3.63) is 52.7 Å². The van der Waals surface area contributed by atoms with E-state index >= 15 is 0 Å². The van der Waals surface area contributed by atoms with Crippen LogP contribution in [0.4, 0.5) is 5.82 Å². The summed E-state index contributed by atoms with van der Waals surface area (Å²) in [4.78, 5) is 16.5. The molecule has 1 fully saturated rings. The van der Waals surface area contributed by atoms with Crippen molar-refractivity contribution in [3.63, 3.8) is 0 Å². The molecule has 0 radical (unpaired) electrons. The Morgan fingerprint density at radius 2 is 1.80 bits per heavy atom. The number of carbonyl (C=O) groups excluding carboxylic acids is 1. The Morgan fingerprint density at radius 3 is 2.44 bits per heavy atom. The number of hydrogen-bond acceptors (Lipinski definition) is 5. The van der Waals surface area contributed by atoms with E-state index in [2.05, 4.69) is 27.5 Å². The highest BCUT2D eigenvalue weighted by Gasteiger charge is 2.21. The topological polar surface area (TPSA) is 61.4 Å². The summed E-state index contributed by atoms with van der Waals surface area (Å²) < 4.78 is 0. The molecule has 1 saturated heterocycles. The first kappa shape index (κ1) is 17.6. The van der Waals surface area contributed by atoms with E-state index in [4.69, 9.17) is 11.6 Å². The van der Waals surface area contributed by atoms with E-state index in [0.29, 0.717) is 11.5 Å². The van der Waals surface area contributed by atoms with Crippen molar-refractivity contribution in [2.45, 2.75) is 6.42 Å². The molecule has 2 aromatic rings. The second kappa shape index (κ2) is 8.27. The first-order valence-corrected chi connectivity index (χ1v) is 8.79. The average molecular weight is 360 g/mol. The SMILES string of the molecule is CN1CCN(C(=O)c2ccc(NCCc3ccc(Cl)cc3)nn2)CC1. The number of benzene rings is 1. The first-order valence-electron chi connectivity index (χ1n) is 8.42. The molecule has 1 N–H and O–H groups in total. The predicted octanol–water partition coefficient (Wildman–Crippen LogP) is 2.17. The number of carbonyl (C=O) groups is 1. The van der Waals surface area contributed by atoms with Gasteiger partial charge in [0.1, 0.15) is 5.82 Å². The molecule has 0 atom stereocenters. The Hall–Kier alpha value is -2.18. The van der Waals surface area contributed by atoms with E-state index in [1.807, 2.05) is 29.2 Å². The summed E-state index contributed by atoms with van der Waals surface area (Å²) >= 11 is 5.88. The number of likely N-dealkylation sites (N-methyl/N-ethyl adjacent to an activating group) is 1. The minimum absolute atomic E-state index is 0.0479. The fourth-order valence-electron chi connectivity index (χ4n) is 2.70. The Kier molecular flexibility index (Phi) is 5.83. The lowest BCUT2D eigenvalue weighted by atomic mass is 10.1. The van der Waals surface area contributed by atoms with Crippen LogP contribution in [0.2, 0.25) is 5.02 Å². The summed E-state index contributed by atoms with van der Waals surface area (Å²) in [5.41, 5.74) is 1.60. The molecule has 0 aliphatic carbocycles. The monoisotopic (exact) mass is 359 g/mol. The molecule has 132 valence electrons. The zero-order valence-electron chi connectivity index (χ0n) is 14.3. The van der Waals surface area contributed by atoms with E-state index < -0.39 is 0 Å². The number of amides is 1. The zero-order chi connectivity index (χ0) is 17.6. The van der Waals surface area contributed by atoms with Crippen molar-refractivity contribution in [2.75, 3.05) is 45.1 Å². The number of hydrogen-bond donors (Lipinski definition) is 1. The Labute approximate surface area is 152 Å². The van der Waals surface area contributed by atoms with Gasteiger partial charge in [-0.3, -0.25) is 4.79 Å². The molecule has 1 aromatic heterocycles. The second-order valence-corrected chi connectivity index (χ2v) is 6.64. The number of nitrogens with one attached hydrogen (secondary N) is 1. The van der Waals surface area contributed by atoms with Gasteiger partial charge in [-0.05, 0) is 43.3 Å². The number of piperazine rings is 1. The van der Waals surface area contributed by atoms with Gasteiger partial charge in [0.25, 0.3) is 5.91 Å². The smallest absolute Gasteiger partial charge is 0.274 e. The zero-order valence-corrected chi connectivity index (χ0v) is 15.0. The minimum atomic E-state index is -0.0479. The van der Waals surface area contributed by atoms with E-state index in [1.165, 1.54) is 5.56 Å². The summed E-state index contributed by atoms with van der Waals surface area (Å²) in [6.45, 7) is 3.99. The largest absolute Gasteiger partial charge is 0.368 e. The molecule has 2 heterocycles. The molecule has 7 heteroatoms. The minimum Gasteiger partial charge on any atom is -0.368 e. The fourth-order valence-corrected chi connectivity index (χ4v) is 2.82. The van der Waals surface area contributed by atoms with Gasteiger partial charge in [0, 0.05) is 37.7 Å². The molecule has 0 spiro atoms. The van der Waals surface area contributed by atoms with Crippen LogP contribution in [0.15, 0.2) is 36.4 Å². The van der Waals surface area contributed by atoms with Crippen molar-refractivity contribution >= 4 is 23.3 Å². The third kappa shape index (κ3) is 4.90. The summed E-state index contributed by atoms with van der Waals surface area (Å²) in [6, 6.07) is 11.3. The highest BCUT2D eigenvalue weighted by Crippen LogP contribution is 2.11. The number of nitrogens with zero attached hydrogens (tertiary/aromatic N) is 4.